The number of halogens is 1. The van der Waals surface area contributed by atoms with Gasteiger partial charge in [0.05, 0.1) is 6.10 Å². The SMILES string of the molecule is CC(C)Oc1ccc(C(=O)NNC(=O)c2ccc(Br)cc2)cc1. The normalized spacial score (nSPS) is 10.3. The fraction of sp³-hybridized carbons (Fsp3) is 0.176. The zero-order valence-electron chi connectivity index (χ0n) is 12.8. The van der Waals surface area contributed by atoms with E-state index in [1.165, 1.54) is 0 Å². The summed E-state index contributed by atoms with van der Waals surface area (Å²) in [6.07, 6.45) is 0.0693. The van der Waals surface area contributed by atoms with Crippen LogP contribution in [0.5, 0.6) is 5.75 Å². The molecule has 5 nitrogen and oxygen atoms in total. The molecule has 0 saturated heterocycles. The van der Waals surface area contributed by atoms with E-state index in [1.807, 2.05) is 13.8 Å². The van der Waals surface area contributed by atoms with E-state index in [0.29, 0.717) is 16.9 Å². The number of nitrogens with one attached hydrogen (secondary N) is 2. The molecule has 0 saturated carbocycles. The van der Waals surface area contributed by atoms with E-state index in [0.717, 1.165) is 4.47 Å². The molecule has 2 amide bonds. The number of hydrogen-bond acceptors (Lipinski definition) is 3. The van der Waals surface area contributed by atoms with Gasteiger partial charge in [-0.1, -0.05) is 15.9 Å². The van der Waals surface area contributed by atoms with Gasteiger partial charge < -0.3 is 4.74 Å². The van der Waals surface area contributed by atoms with E-state index in [2.05, 4.69) is 26.8 Å². The Morgan fingerprint density at radius 2 is 1.30 bits per heavy atom. The lowest BCUT2D eigenvalue weighted by atomic mass is 10.2. The molecule has 0 unspecified atom stereocenters. The van der Waals surface area contributed by atoms with Gasteiger partial charge in [-0.05, 0) is 62.4 Å². The Morgan fingerprint density at radius 1 is 0.870 bits per heavy atom. The maximum absolute atomic E-state index is 12.0. The van der Waals surface area contributed by atoms with Crippen molar-refractivity contribution in [2.24, 2.45) is 0 Å². The lowest BCUT2D eigenvalue weighted by molar-refractivity contribution is 0.0846. The van der Waals surface area contributed by atoms with Crippen LogP contribution in [0.3, 0.4) is 0 Å². The minimum atomic E-state index is -0.397. The Bertz CT molecular complexity index is 682. The van der Waals surface area contributed by atoms with Crippen molar-refractivity contribution in [2.45, 2.75) is 20.0 Å². The van der Waals surface area contributed by atoms with Gasteiger partial charge in [-0.2, -0.15) is 0 Å². The van der Waals surface area contributed by atoms with Crippen LogP contribution < -0.4 is 15.6 Å². The monoisotopic (exact) mass is 376 g/mol. The van der Waals surface area contributed by atoms with E-state index < -0.39 is 5.91 Å². The smallest absolute Gasteiger partial charge is 0.269 e. The fourth-order valence-electron chi connectivity index (χ4n) is 1.82. The Kier molecular flexibility index (Phi) is 5.76. The maximum Gasteiger partial charge on any atom is 0.269 e. The average molecular weight is 377 g/mol. The molecule has 0 fully saturated rings. The number of benzene rings is 2. The summed E-state index contributed by atoms with van der Waals surface area (Å²) in [6.45, 7) is 3.86. The Labute approximate surface area is 143 Å². The number of rotatable bonds is 4. The molecule has 0 radical (unpaired) electrons. The summed E-state index contributed by atoms with van der Waals surface area (Å²) in [5, 5.41) is 0. The summed E-state index contributed by atoms with van der Waals surface area (Å²) in [7, 11) is 0. The second-order valence-corrected chi connectivity index (χ2v) is 6.02. The molecule has 0 heterocycles. The number of carbonyl (C=O) groups excluding carboxylic acids is 2. The van der Waals surface area contributed by atoms with Crippen LogP contribution in [0.1, 0.15) is 34.6 Å². The number of carbonyl (C=O) groups is 2. The van der Waals surface area contributed by atoms with Crippen molar-refractivity contribution in [3.8, 4) is 5.75 Å². The molecule has 2 aromatic carbocycles. The fourth-order valence-corrected chi connectivity index (χ4v) is 2.08. The lowest BCUT2D eigenvalue weighted by Crippen LogP contribution is -2.41. The molecule has 0 aliphatic heterocycles. The van der Waals surface area contributed by atoms with Crippen molar-refractivity contribution in [3.05, 3.63) is 64.1 Å². The molecule has 23 heavy (non-hydrogen) atoms. The van der Waals surface area contributed by atoms with E-state index in [9.17, 15) is 9.59 Å². The van der Waals surface area contributed by atoms with E-state index in [4.69, 9.17) is 4.74 Å². The molecule has 120 valence electrons. The van der Waals surface area contributed by atoms with Crippen LogP contribution in [0.15, 0.2) is 53.0 Å². The van der Waals surface area contributed by atoms with Crippen LogP contribution in [-0.4, -0.2) is 17.9 Å². The second-order valence-electron chi connectivity index (χ2n) is 5.11. The molecule has 0 bridgehead atoms. The predicted octanol–water partition coefficient (Wildman–Crippen LogP) is 3.31. The van der Waals surface area contributed by atoms with Crippen LogP contribution >= 0.6 is 15.9 Å². The molecular weight excluding hydrogens is 360 g/mol. The Morgan fingerprint density at radius 3 is 1.74 bits per heavy atom. The van der Waals surface area contributed by atoms with Gasteiger partial charge in [0.15, 0.2) is 0 Å². The molecule has 0 aromatic heterocycles. The zero-order valence-corrected chi connectivity index (χ0v) is 14.4. The van der Waals surface area contributed by atoms with Crippen LogP contribution in [-0.2, 0) is 0 Å². The Hall–Kier alpha value is -2.34. The highest BCUT2D eigenvalue weighted by Crippen LogP contribution is 2.14. The van der Waals surface area contributed by atoms with Gasteiger partial charge in [0.1, 0.15) is 5.75 Å². The van der Waals surface area contributed by atoms with Gasteiger partial charge in [0.25, 0.3) is 11.8 Å². The van der Waals surface area contributed by atoms with Crippen LogP contribution in [0.25, 0.3) is 0 Å². The molecule has 0 spiro atoms. The first-order valence-electron chi connectivity index (χ1n) is 7.08. The van der Waals surface area contributed by atoms with Crippen molar-refractivity contribution >= 4 is 27.7 Å². The molecule has 2 N–H and O–H groups in total. The van der Waals surface area contributed by atoms with Crippen molar-refractivity contribution in [1.29, 1.82) is 0 Å². The summed E-state index contributed by atoms with van der Waals surface area (Å²) in [4.78, 5) is 23.9. The molecule has 2 aromatic rings. The quantitative estimate of drug-likeness (QED) is 0.804. The standard InChI is InChI=1S/C17H17BrN2O3/c1-11(2)23-15-9-5-13(6-10-15)17(22)20-19-16(21)12-3-7-14(18)8-4-12/h3-11H,1-2H3,(H,19,21)(H,20,22). The van der Waals surface area contributed by atoms with Gasteiger partial charge in [0, 0.05) is 15.6 Å². The summed E-state index contributed by atoms with van der Waals surface area (Å²) in [6, 6.07) is 13.5. The third kappa shape index (κ3) is 5.10. The van der Waals surface area contributed by atoms with Crippen molar-refractivity contribution in [1.82, 2.24) is 10.9 Å². The second kappa shape index (κ2) is 7.78. The Balaban J connectivity index is 1.91. The van der Waals surface area contributed by atoms with E-state index >= 15 is 0 Å². The first-order valence-corrected chi connectivity index (χ1v) is 7.88. The predicted molar refractivity (Wildman–Crippen MR) is 91.3 cm³/mol. The molecule has 0 aliphatic rings. The van der Waals surface area contributed by atoms with Gasteiger partial charge in [0.2, 0.25) is 0 Å². The van der Waals surface area contributed by atoms with Gasteiger partial charge in [-0.3, -0.25) is 20.4 Å². The maximum atomic E-state index is 12.0. The van der Waals surface area contributed by atoms with E-state index in [-0.39, 0.29) is 12.0 Å². The first kappa shape index (κ1) is 17.0. The molecular formula is C17H17BrN2O3. The zero-order chi connectivity index (χ0) is 16.8. The summed E-state index contributed by atoms with van der Waals surface area (Å²) >= 11 is 3.30. The molecule has 0 atom stereocenters. The number of hydrazine groups is 1. The average Bonchev–Trinajstić information content (AvgIpc) is 2.53. The minimum Gasteiger partial charge on any atom is -0.491 e. The summed E-state index contributed by atoms with van der Waals surface area (Å²) in [5.74, 6) is -0.0902. The largest absolute Gasteiger partial charge is 0.491 e. The number of ether oxygens (including phenoxy) is 1. The highest BCUT2D eigenvalue weighted by atomic mass is 79.9. The third-order valence-corrected chi connectivity index (χ3v) is 3.41. The topological polar surface area (TPSA) is 67.4 Å². The van der Waals surface area contributed by atoms with Gasteiger partial charge in [-0.25, -0.2) is 0 Å². The molecule has 6 heteroatoms. The number of hydrogen-bond donors (Lipinski definition) is 2. The van der Waals surface area contributed by atoms with Crippen molar-refractivity contribution in [3.63, 3.8) is 0 Å². The molecule has 2 rings (SSSR count). The third-order valence-electron chi connectivity index (χ3n) is 2.88. The summed E-state index contributed by atoms with van der Waals surface area (Å²) in [5.41, 5.74) is 5.64. The minimum absolute atomic E-state index is 0.0693. The molecule has 0 aliphatic carbocycles. The van der Waals surface area contributed by atoms with Crippen LogP contribution in [0.4, 0.5) is 0 Å². The van der Waals surface area contributed by atoms with Crippen LogP contribution in [0.2, 0.25) is 0 Å². The van der Waals surface area contributed by atoms with E-state index in [1.54, 1.807) is 48.5 Å². The number of amides is 2. The van der Waals surface area contributed by atoms with Crippen molar-refractivity contribution < 1.29 is 14.3 Å². The van der Waals surface area contributed by atoms with Crippen LogP contribution in [0, 0.1) is 0 Å². The van der Waals surface area contributed by atoms with Gasteiger partial charge in [-0.15, -0.1) is 0 Å². The lowest BCUT2D eigenvalue weighted by Gasteiger charge is -2.10. The van der Waals surface area contributed by atoms with Crippen molar-refractivity contribution in [2.75, 3.05) is 0 Å². The first-order chi connectivity index (χ1) is 11.0. The highest BCUT2D eigenvalue weighted by Gasteiger charge is 2.09. The highest BCUT2D eigenvalue weighted by molar-refractivity contribution is 9.10. The van der Waals surface area contributed by atoms with Gasteiger partial charge >= 0.3 is 0 Å². The summed E-state index contributed by atoms with van der Waals surface area (Å²) < 4.78 is 6.39.